The molecule has 1 fully saturated rings. The summed E-state index contributed by atoms with van der Waals surface area (Å²) < 4.78 is 44.5. The van der Waals surface area contributed by atoms with E-state index in [4.69, 9.17) is 4.74 Å². The maximum absolute atomic E-state index is 12.8. The van der Waals surface area contributed by atoms with E-state index in [1.54, 1.807) is 0 Å². The number of carbonyl (C=O) groups is 1. The van der Waals surface area contributed by atoms with Gasteiger partial charge in [-0.15, -0.1) is 0 Å². The molecule has 0 radical (unpaired) electrons. The molecule has 130 valence electrons. The molecule has 0 atom stereocenters. The number of hydrogen-bond acceptors (Lipinski definition) is 3. The second kappa shape index (κ2) is 7.63. The third kappa shape index (κ3) is 4.92. The van der Waals surface area contributed by atoms with Crippen LogP contribution in [0.4, 0.5) is 13.2 Å². The molecule has 1 amide bonds. The summed E-state index contributed by atoms with van der Waals surface area (Å²) in [5.41, 5.74) is -0.744. The lowest BCUT2D eigenvalue weighted by molar-refractivity contribution is -0.906. The molecule has 2 heterocycles. The number of halogens is 4. The molecule has 0 saturated carbocycles. The Morgan fingerprint density at radius 1 is 1.43 bits per heavy atom. The zero-order valence-electron chi connectivity index (χ0n) is 12.7. The Labute approximate surface area is 140 Å². The number of carbonyl (C=O) groups excluding carboxylic acids is 1. The lowest BCUT2D eigenvalue weighted by Gasteiger charge is -2.23. The largest absolute Gasteiger partial charge is 0.436 e. The Balaban J connectivity index is 1.85. The SMILES string of the molecule is Cc1c(Br)c(C(F)(F)F)nn1CC(=O)NCC[NH+]1CCOCC1. The minimum Gasteiger partial charge on any atom is -0.370 e. The van der Waals surface area contributed by atoms with Crippen molar-refractivity contribution in [1.82, 2.24) is 15.1 Å². The smallest absolute Gasteiger partial charge is 0.370 e. The number of quaternary nitrogens is 1. The minimum atomic E-state index is -4.55. The zero-order valence-corrected chi connectivity index (χ0v) is 14.3. The third-order valence-corrected chi connectivity index (χ3v) is 4.65. The molecule has 1 aromatic rings. The van der Waals surface area contributed by atoms with Crippen molar-refractivity contribution in [2.45, 2.75) is 19.6 Å². The van der Waals surface area contributed by atoms with E-state index in [-0.39, 0.29) is 22.6 Å². The second-order valence-electron chi connectivity index (χ2n) is 5.37. The summed E-state index contributed by atoms with van der Waals surface area (Å²) in [5, 5.41) is 6.20. The first-order chi connectivity index (χ1) is 10.8. The van der Waals surface area contributed by atoms with Crippen LogP contribution in [0.2, 0.25) is 0 Å². The summed E-state index contributed by atoms with van der Waals surface area (Å²) in [7, 11) is 0. The number of aromatic nitrogens is 2. The lowest BCUT2D eigenvalue weighted by atomic mass is 10.3. The average molecular weight is 400 g/mol. The number of hydrogen-bond donors (Lipinski definition) is 2. The molecule has 0 unspecified atom stereocenters. The third-order valence-electron chi connectivity index (χ3n) is 3.70. The summed E-state index contributed by atoms with van der Waals surface area (Å²) in [5.74, 6) is -0.357. The Morgan fingerprint density at radius 3 is 2.65 bits per heavy atom. The van der Waals surface area contributed by atoms with Crippen LogP contribution in [0.3, 0.4) is 0 Å². The van der Waals surface area contributed by atoms with Crippen molar-refractivity contribution in [3.63, 3.8) is 0 Å². The van der Waals surface area contributed by atoms with Gasteiger partial charge in [0.1, 0.15) is 19.6 Å². The van der Waals surface area contributed by atoms with Crippen molar-refractivity contribution in [1.29, 1.82) is 0 Å². The molecule has 0 aliphatic carbocycles. The molecule has 2 N–H and O–H groups in total. The molecule has 2 rings (SSSR count). The predicted octanol–water partition coefficient (Wildman–Crippen LogP) is 0.00412. The highest BCUT2D eigenvalue weighted by Gasteiger charge is 2.38. The van der Waals surface area contributed by atoms with Crippen molar-refractivity contribution >= 4 is 21.8 Å². The number of nitrogens with zero attached hydrogens (tertiary/aromatic N) is 2. The fourth-order valence-electron chi connectivity index (χ4n) is 2.34. The van der Waals surface area contributed by atoms with E-state index in [0.29, 0.717) is 19.8 Å². The summed E-state index contributed by atoms with van der Waals surface area (Å²) in [6, 6.07) is 0. The second-order valence-corrected chi connectivity index (χ2v) is 6.16. The van der Waals surface area contributed by atoms with Gasteiger partial charge in [0, 0.05) is 0 Å². The van der Waals surface area contributed by atoms with Gasteiger partial charge in [-0.25, -0.2) is 0 Å². The van der Waals surface area contributed by atoms with Gasteiger partial charge in [-0.3, -0.25) is 9.48 Å². The number of morpholine rings is 1. The molecule has 1 aliphatic rings. The Hall–Kier alpha value is -1.13. The van der Waals surface area contributed by atoms with E-state index in [9.17, 15) is 18.0 Å². The van der Waals surface area contributed by atoms with Crippen LogP contribution in [0.15, 0.2) is 4.47 Å². The molecule has 1 aromatic heterocycles. The molecule has 0 bridgehead atoms. The first-order valence-electron chi connectivity index (χ1n) is 7.27. The van der Waals surface area contributed by atoms with E-state index in [1.807, 2.05) is 0 Å². The van der Waals surface area contributed by atoms with Crippen molar-refractivity contribution in [2.75, 3.05) is 39.4 Å². The topological polar surface area (TPSA) is 60.6 Å². The van der Waals surface area contributed by atoms with Crippen molar-refractivity contribution in [3.05, 3.63) is 15.9 Å². The first kappa shape index (κ1) is 18.2. The maximum atomic E-state index is 12.8. The molecule has 1 saturated heterocycles. The number of nitrogens with one attached hydrogen (secondary N) is 2. The van der Waals surface area contributed by atoms with Crippen LogP contribution in [0.25, 0.3) is 0 Å². The number of amides is 1. The van der Waals surface area contributed by atoms with Gasteiger partial charge in [0.15, 0.2) is 5.69 Å². The highest BCUT2D eigenvalue weighted by atomic mass is 79.9. The van der Waals surface area contributed by atoms with E-state index < -0.39 is 11.9 Å². The first-order valence-corrected chi connectivity index (χ1v) is 8.06. The van der Waals surface area contributed by atoms with Crippen molar-refractivity contribution in [3.8, 4) is 0 Å². The number of alkyl halides is 3. The van der Waals surface area contributed by atoms with Crippen LogP contribution >= 0.6 is 15.9 Å². The fraction of sp³-hybridized carbons (Fsp3) is 0.692. The summed E-state index contributed by atoms with van der Waals surface area (Å²) in [6.45, 7) is 5.71. The van der Waals surface area contributed by atoms with Crippen LogP contribution in [0.1, 0.15) is 11.4 Å². The van der Waals surface area contributed by atoms with Gasteiger partial charge >= 0.3 is 6.18 Å². The monoisotopic (exact) mass is 399 g/mol. The molecular formula is C13H19BrF3N4O2+. The van der Waals surface area contributed by atoms with Crippen LogP contribution < -0.4 is 10.2 Å². The highest BCUT2D eigenvalue weighted by Crippen LogP contribution is 2.35. The Bertz CT molecular complexity index is 556. The van der Waals surface area contributed by atoms with Gasteiger partial charge in [-0.1, -0.05) is 0 Å². The molecule has 0 spiro atoms. The van der Waals surface area contributed by atoms with Gasteiger partial charge in [0.25, 0.3) is 0 Å². The van der Waals surface area contributed by atoms with E-state index in [1.165, 1.54) is 11.8 Å². The maximum Gasteiger partial charge on any atom is 0.436 e. The average Bonchev–Trinajstić information content (AvgIpc) is 2.77. The van der Waals surface area contributed by atoms with E-state index in [2.05, 4.69) is 26.3 Å². The normalized spacial score (nSPS) is 16.6. The van der Waals surface area contributed by atoms with Gasteiger partial charge < -0.3 is 15.0 Å². The van der Waals surface area contributed by atoms with Crippen LogP contribution in [0.5, 0.6) is 0 Å². The van der Waals surface area contributed by atoms with Crippen molar-refractivity contribution < 1.29 is 27.6 Å². The molecule has 0 aromatic carbocycles. The number of ether oxygens (including phenoxy) is 1. The molecule has 10 heteroatoms. The standard InChI is InChI=1S/C13H18BrF3N4O2/c1-9-11(14)12(13(15,16)17)19-21(9)8-10(22)18-2-3-20-4-6-23-7-5-20/h2-8H2,1H3,(H,18,22)/p+1. The van der Waals surface area contributed by atoms with E-state index >= 15 is 0 Å². The van der Waals surface area contributed by atoms with E-state index in [0.717, 1.165) is 24.3 Å². The Kier molecular flexibility index (Phi) is 6.04. The predicted molar refractivity (Wildman–Crippen MR) is 79.1 cm³/mol. The quantitative estimate of drug-likeness (QED) is 0.732. The van der Waals surface area contributed by atoms with Crippen molar-refractivity contribution in [2.24, 2.45) is 0 Å². The van der Waals surface area contributed by atoms with Crippen LogP contribution in [-0.4, -0.2) is 55.1 Å². The highest BCUT2D eigenvalue weighted by molar-refractivity contribution is 9.10. The van der Waals surface area contributed by atoms with Gasteiger partial charge in [0.05, 0.1) is 36.5 Å². The van der Waals surface area contributed by atoms with Crippen LogP contribution in [0, 0.1) is 6.92 Å². The zero-order chi connectivity index (χ0) is 17.0. The van der Waals surface area contributed by atoms with Gasteiger partial charge in [0.2, 0.25) is 5.91 Å². The Morgan fingerprint density at radius 2 is 2.09 bits per heavy atom. The lowest BCUT2D eigenvalue weighted by Crippen LogP contribution is -3.14. The summed E-state index contributed by atoms with van der Waals surface area (Å²) in [6.07, 6.45) is -4.55. The van der Waals surface area contributed by atoms with Crippen LogP contribution in [-0.2, 0) is 22.3 Å². The summed E-state index contributed by atoms with van der Waals surface area (Å²) in [4.78, 5) is 13.2. The van der Waals surface area contributed by atoms with Gasteiger partial charge in [-0.05, 0) is 22.9 Å². The molecular weight excluding hydrogens is 381 g/mol. The fourth-order valence-corrected chi connectivity index (χ4v) is 2.85. The van der Waals surface area contributed by atoms with Gasteiger partial charge in [-0.2, -0.15) is 18.3 Å². The summed E-state index contributed by atoms with van der Waals surface area (Å²) >= 11 is 2.88. The number of rotatable bonds is 5. The molecule has 23 heavy (non-hydrogen) atoms. The molecule has 1 aliphatic heterocycles. The molecule has 6 nitrogen and oxygen atoms in total. The minimum absolute atomic E-state index is 0.129.